The van der Waals surface area contributed by atoms with Gasteiger partial charge in [-0.15, -0.1) is 5.10 Å². The largest absolute Gasteiger partial charge is 0.481 e. The van der Waals surface area contributed by atoms with Crippen LogP contribution in [0.2, 0.25) is 5.02 Å². The van der Waals surface area contributed by atoms with Gasteiger partial charge in [-0.25, -0.2) is 0 Å². The lowest BCUT2D eigenvalue weighted by Crippen LogP contribution is -2.30. The summed E-state index contributed by atoms with van der Waals surface area (Å²) >= 11 is 5.81. The van der Waals surface area contributed by atoms with E-state index < -0.39 is 6.10 Å². The molecule has 18 heavy (non-hydrogen) atoms. The third kappa shape index (κ3) is 3.17. The number of anilines is 1. The molecule has 2 N–H and O–H groups in total. The number of H-pyrrole nitrogens is 1. The highest BCUT2D eigenvalue weighted by Crippen LogP contribution is 2.18. The summed E-state index contributed by atoms with van der Waals surface area (Å²) in [5, 5.41) is 15.7. The van der Waals surface area contributed by atoms with E-state index in [1.807, 2.05) is 0 Å². The van der Waals surface area contributed by atoms with Gasteiger partial charge in [0.1, 0.15) is 5.75 Å². The van der Waals surface area contributed by atoms with Crippen molar-refractivity contribution >= 4 is 23.5 Å². The van der Waals surface area contributed by atoms with E-state index >= 15 is 0 Å². The van der Waals surface area contributed by atoms with Gasteiger partial charge in [0.15, 0.2) is 6.10 Å². The Morgan fingerprint density at radius 1 is 1.56 bits per heavy atom. The van der Waals surface area contributed by atoms with Crippen molar-refractivity contribution in [1.29, 1.82) is 0 Å². The second kappa shape index (κ2) is 5.46. The third-order valence-corrected chi connectivity index (χ3v) is 2.29. The molecule has 1 aromatic heterocycles. The number of halogens is 1. The van der Waals surface area contributed by atoms with Crippen molar-refractivity contribution in [3.8, 4) is 5.75 Å². The summed E-state index contributed by atoms with van der Waals surface area (Å²) in [6.45, 7) is 1.61. The normalized spacial score (nSPS) is 11.9. The molecule has 94 valence electrons. The number of rotatable bonds is 4. The maximum Gasteiger partial charge on any atom is 0.269 e. The van der Waals surface area contributed by atoms with E-state index in [0.717, 1.165) is 0 Å². The molecule has 1 heterocycles. The quantitative estimate of drug-likeness (QED) is 0.870. The van der Waals surface area contributed by atoms with E-state index in [-0.39, 0.29) is 11.9 Å². The molecule has 1 amide bonds. The number of nitrogens with one attached hydrogen (secondary N) is 2. The van der Waals surface area contributed by atoms with Gasteiger partial charge in [-0.1, -0.05) is 22.8 Å². The zero-order valence-corrected chi connectivity index (χ0v) is 10.2. The number of hydrogen-bond donors (Lipinski definition) is 2. The first-order chi connectivity index (χ1) is 8.65. The fourth-order valence-corrected chi connectivity index (χ4v) is 1.40. The van der Waals surface area contributed by atoms with Crippen molar-refractivity contribution in [3.63, 3.8) is 0 Å². The molecule has 0 aliphatic rings. The van der Waals surface area contributed by atoms with Crippen LogP contribution in [0.15, 0.2) is 24.3 Å². The fraction of sp³-hybridized carbons (Fsp3) is 0.200. The Morgan fingerprint density at radius 2 is 2.39 bits per heavy atom. The molecule has 1 aromatic carbocycles. The van der Waals surface area contributed by atoms with Gasteiger partial charge in [0.05, 0.1) is 0 Å². The van der Waals surface area contributed by atoms with E-state index in [4.69, 9.17) is 16.3 Å². The van der Waals surface area contributed by atoms with Crippen LogP contribution in [0.4, 0.5) is 5.95 Å². The van der Waals surface area contributed by atoms with Crippen LogP contribution in [0.5, 0.6) is 5.75 Å². The maximum absolute atomic E-state index is 11.7. The van der Waals surface area contributed by atoms with Crippen LogP contribution in [0, 0.1) is 0 Å². The minimum absolute atomic E-state index is 0.0987. The number of hydrogen-bond acceptors (Lipinski definition) is 5. The number of amides is 1. The zero-order chi connectivity index (χ0) is 13.0. The lowest BCUT2D eigenvalue weighted by Gasteiger charge is -2.13. The maximum atomic E-state index is 11.7. The van der Waals surface area contributed by atoms with Crippen LogP contribution < -0.4 is 10.1 Å². The number of aromatic amines is 1. The molecule has 0 spiro atoms. The molecule has 8 heteroatoms. The van der Waals surface area contributed by atoms with Crippen molar-refractivity contribution in [1.82, 2.24) is 20.6 Å². The Labute approximate surface area is 107 Å². The molecule has 0 saturated carbocycles. The molecule has 0 fully saturated rings. The SMILES string of the molecule is CC(Oc1cccc(Cl)c1)C(=O)Nc1nn[nH]n1. The Balaban J connectivity index is 1.95. The molecular weight excluding hydrogens is 258 g/mol. The number of tetrazole rings is 1. The average molecular weight is 268 g/mol. The topological polar surface area (TPSA) is 92.8 Å². The molecule has 0 aliphatic heterocycles. The summed E-state index contributed by atoms with van der Waals surface area (Å²) in [4.78, 5) is 11.7. The number of nitrogens with zero attached hydrogens (tertiary/aromatic N) is 3. The van der Waals surface area contributed by atoms with Crippen LogP contribution in [0.25, 0.3) is 0 Å². The Morgan fingerprint density at radius 3 is 3.06 bits per heavy atom. The Hall–Kier alpha value is -2.15. The number of ether oxygens (including phenoxy) is 1. The Kier molecular flexibility index (Phi) is 3.73. The van der Waals surface area contributed by atoms with Crippen LogP contribution in [-0.4, -0.2) is 32.6 Å². The average Bonchev–Trinajstić information content (AvgIpc) is 2.81. The second-order valence-corrected chi connectivity index (χ2v) is 3.88. The van der Waals surface area contributed by atoms with Crippen molar-refractivity contribution in [2.75, 3.05) is 5.32 Å². The van der Waals surface area contributed by atoms with Crippen LogP contribution in [0.1, 0.15) is 6.92 Å². The monoisotopic (exact) mass is 267 g/mol. The molecular formula is C10H10ClN5O2. The molecule has 7 nitrogen and oxygen atoms in total. The zero-order valence-electron chi connectivity index (χ0n) is 9.42. The minimum Gasteiger partial charge on any atom is -0.481 e. The Bertz CT molecular complexity index is 531. The van der Waals surface area contributed by atoms with Crippen molar-refractivity contribution in [2.24, 2.45) is 0 Å². The molecule has 1 unspecified atom stereocenters. The van der Waals surface area contributed by atoms with E-state index in [1.165, 1.54) is 0 Å². The second-order valence-electron chi connectivity index (χ2n) is 3.44. The first kappa shape index (κ1) is 12.3. The smallest absolute Gasteiger partial charge is 0.269 e. The highest BCUT2D eigenvalue weighted by molar-refractivity contribution is 6.30. The molecule has 0 radical (unpaired) electrons. The number of benzene rings is 1. The molecule has 2 aromatic rings. The molecule has 1 atom stereocenters. The molecule has 2 rings (SSSR count). The van der Waals surface area contributed by atoms with Crippen LogP contribution in [-0.2, 0) is 4.79 Å². The molecule has 0 saturated heterocycles. The lowest BCUT2D eigenvalue weighted by molar-refractivity contribution is -0.122. The first-order valence-corrected chi connectivity index (χ1v) is 5.49. The van der Waals surface area contributed by atoms with Gasteiger partial charge in [0.25, 0.3) is 11.9 Å². The summed E-state index contributed by atoms with van der Waals surface area (Å²) in [5.41, 5.74) is 0. The van der Waals surface area contributed by atoms with Gasteiger partial charge in [0.2, 0.25) is 0 Å². The van der Waals surface area contributed by atoms with E-state index in [0.29, 0.717) is 10.8 Å². The van der Waals surface area contributed by atoms with Gasteiger partial charge < -0.3 is 4.74 Å². The first-order valence-electron chi connectivity index (χ1n) is 5.11. The van der Waals surface area contributed by atoms with Crippen molar-refractivity contribution in [2.45, 2.75) is 13.0 Å². The van der Waals surface area contributed by atoms with Gasteiger partial charge in [0, 0.05) is 5.02 Å². The molecule has 0 bridgehead atoms. The van der Waals surface area contributed by atoms with Crippen molar-refractivity contribution in [3.05, 3.63) is 29.3 Å². The summed E-state index contributed by atoms with van der Waals surface area (Å²) in [6, 6.07) is 6.80. The van der Waals surface area contributed by atoms with Crippen molar-refractivity contribution < 1.29 is 9.53 Å². The summed E-state index contributed by atoms with van der Waals surface area (Å²) in [5.74, 6) is 0.233. The summed E-state index contributed by atoms with van der Waals surface area (Å²) < 4.78 is 5.42. The molecule has 0 aliphatic carbocycles. The highest BCUT2D eigenvalue weighted by Gasteiger charge is 2.16. The lowest BCUT2D eigenvalue weighted by atomic mass is 10.3. The van der Waals surface area contributed by atoms with Gasteiger partial charge in [-0.05, 0) is 30.3 Å². The fourth-order valence-electron chi connectivity index (χ4n) is 1.22. The third-order valence-electron chi connectivity index (χ3n) is 2.06. The predicted octanol–water partition coefficient (Wildman–Crippen LogP) is 1.26. The number of aromatic nitrogens is 4. The van der Waals surface area contributed by atoms with Gasteiger partial charge in [-0.3, -0.25) is 10.1 Å². The van der Waals surface area contributed by atoms with Gasteiger partial charge >= 0.3 is 0 Å². The van der Waals surface area contributed by atoms with Crippen LogP contribution >= 0.6 is 11.6 Å². The number of carbonyl (C=O) groups is 1. The number of carbonyl (C=O) groups excluding carboxylic acids is 1. The van der Waals surface area contributed by atoms with E-state index in [1.54, 1.807) is 31.2 Å². The highest BCUT2D eigenvalue weighted by atomic mass is 35.5. The minimum atomic E-state index is -0.707. The van der Waals surface area contributed by atoms with E-state index in [9.17, 15) is 4.79 Å². The predicted molar refractivity (Wildman–Crippen MR) is 64.3 cm³/mol. The van der Waals surface area contributed by atoms with Gasteiger partial charge in [-0.2, -0.15) is 5.21 Å². The summed E-state index contributed by atoms with van der Waals surface area (Å²) in [7, 11) is 0. The van der Waals surface area contributed by atoms with Crippen LogP contribution in [0.3, 0.4) is 0 Å². The standard InChI is InChI=1S/C10H10ClN5O2/c1-6(9(17)12-10-13-15-16-14-10)18-8-4-2-3-7(11)5-8/h2-6H,1H3,(H2,12,13,14,15,16,17). The summed E-state index contributed by atoms with van der Waals surface area (Å²) in [6.07, 6.45) is -0.707. The van der Waals surface area contributed by atoms with E-state index in [2.05, 4.69) is 25.9 Å².